The van der Waals surface area contributed by atoms with E-state index in [0.29, 0.717) is 6.42 Å². The number of carbonyl (C=O) groups excluding carboxylic acids is 1. The first-order valence-corrected chi connectivity index (χ1v) is 2.89. The van der Waals surface area contributed by atoms with Gasteiger partial charge in [0.25, 0.3) is 0 Å². The van der Waals surface area contributed by atoms with E-state index in [1.807, 2.05) is 0 Å². The molecule has 0 aromatic rings. The zero-order chi connectivity index (χ0) is 7.56. The molecule has 0 aromatic heterocycles. The highest BCUT2D eigenvalue weighted by Gasteiger charge is 2.21. The largest absolute Gasteiger partial charge is 0.478 e. The number of carbonyl (C=O) groups is 2. The average Bonchev–Trinajstić information content (AvgIpc) is 1.77. The zero-order valence-corrected chi connectivity index (χ0v) is 5.20. The lowest BCUT2D eigenvalue weighted by Gasteiger charge is -2.22. The number of rotatable bonds is 2. The maximum atomic E-state index is 10.3. The Labute approximate surface area is 57.5 Å². The highest BCUT2D eigenvalue weighted by molar-refractivity contribution is 5.85. The van der Waals surface area contributed by atoms with E-state index in [-0.39, 0.29) is 11.9 Å². The van der Waals surface area contributed by atoms with Crippen molar-refractivity contribution in [2.45, 2.75) is 12.5 Å². The lowest BCUT2D eigenvalue weighted by Crippen LogP contribution is -2.47. The maximum Gasteiger partial charge on any atom is 0.328 e. The van der Waals surface area contributed by atoms with E-state index < -0.39 is 5.97 Å². The summed E-state index contributed by atoms with van der Waals surface area (Å²) in [5.41, 5.74) is 0. The smallest absolute Gasteiger partial charge is 0.328 e. The molecule has 0 aliphatic carbocycles. The third kappa shape index (κ3) is 1.58. The van der Waals surface area contributed by atoms with Crippen molar-refractivity contribution in [2.24, 2.45) is 0 Å². The van der Waals surface area contributed by atoms with Crippen molar-refractivity contribution in [1.29, 1.82) is 0 Å². The van der Waals surface area contributed by atoms with Crippen LogP contribution in [0.15, 0.2) is 12.2 Å². The molecule has 0 radical (unpaired) electrons. The molecule has 1 rings (SSSR count). The molecule has 1 aliphatic heterocycles. The van der Waals surface area contributed by atoms with E-state index in [2.05, 4.69) is 5.32 Å². The zero-order valence-electron chi connectivity index (χ0n) is 5.20. The Morgan fingerprint density at radius 1 is 1.80 bits per heavy atom. The molecule has 2 N–H and O–H groups in total. The monoisotopic (exact) mass is 141 g/mol. The molecule has 0 aromatic carbocycles. The average molecular weight is 141 g/mol. The van der Waals surface area contributed by atoms with E-state index in [1.165, 1.54) is 6.08 Å². The molecule has 1 saturated heterocycles. The third-order valence-corrected chi connectivity index (χ3v) is 1.22. The van der Waals surface area contributed by atoms with Gasteiger partial charge in [-0.2, -0.15) is 0 Å². The summed E-state index contributed by atoms with van der Waals surface area (Å²) in [4.78, 5) is 20.2. The molecule has 1 aliphatic rings. The molecule has 1 heterocycles. The molecule has 1 amide bonds. The second-order valence-electron chi connectivity index (χ2n) is 2.08. The number of carboxylic acid groups (broad SMARTS) is 1. The minimum absolute atomic E-state index is 0.0277. The fourth-order valence-corrected chi connectivity index (χ4v) is 0.700. The molecule has 1 atom stereocenters. The summed E-state index contributed by atoms with van der Waals surface area (Å²) in [7, 11) is 0. The Morgan fingerprint density at radius 2 is 2.40 bits per heavy atom. The van der Waals surface area contributed by atoms with E-state index in [0.717, 1.165) is 6.08 Å². The standard InChI is InChI=1S/C6H7NO3/c8-5-3-4(7-5)1-2-6(9)10/h1-2,4H,3H2,(H,7,8)(H,9,10). The van der Waals surface area contributed by atoms with Gasteiger partial charge in [-0.3, -0.25) is 4.79 Å². The van der Waals surface area contributed by atoms with Gasteiger partial charge in [-0.1, -0.05) is 6.08 Å². The molecular formula is C6H7NO3. The minimum Gasteiger partial charge on any atom is -0.478 e. The van der Waals surface area contributed by atoms with Crippen LogP contribution in [-0.2, 0) is 9.59 Å². The predicted octanol–water partition coefficient (Wildman–Crippen LogP) is -0.484. The summed E-state index contributed by atoms with van der Waals surface area (Å²) < 4.78 is 0. The van der Waals surface area contributed by atoms with Gasteiger partial charge in [-0.25, -0.2) is 4.79 Å². The van der Waals surface area contributed by atoms with Gasteiger partial charge in [0, 0.05) is 6.08 Å². The molecule has 4 nitrogen and oxygen atoms in total. The summed E-state index contributed by atoms with van der Waals surface area (Å²) in [6, 6.07) is -0.0661. The molecular weight excluding hydrogens is 134 g/mol. The molecule has 10 heavy (non-hydrogen) atoms. The summed E-state index contributed by atoms with van der Waals surface area (Å²) in [6.07, 6.45) is 2.90. The first kappa shape index (κ1) is 6.80. The summed E-state index contributed by atoms with van der Waals surface area (Å²) in [5, 5.41) is 10.7. The van der Waals surface area contributed by atoms with Gasteiger partial charge in [0.1, 0.15) is 0 Å². The summed E-state index contributed by atoms with van der Waals surface area (Å²) in [6.45, 7) is 0. The SMILES string of the molecule is O=C(O)C=CC1CC(=O)N1. The molecule has 0 spiro atoms. The molecule has 1 unspecified atom stereocenters. The van der Waals surface area contributed by atoms with Crippen molar-refractivity contribution in [3.63, 3.8) is 0 Å². The fraction of sp³-hybridized carbons (Fsp3) is 0.333. The third-order valence-electron chi connectivity index (χ3n) is 1.22. The Morgan fingerprint density at radius 3 is 2.80 bits per heavy atom. The van der Waals surface area contributed by atoms with Crippen LogP contribution in [0.25, 0.3) is 0 Å². The number of amides is 1. The van der Waals surface area contributed by atoms with E-state index in [4.69, 9.17) is 5.11 Å². The normalized spacial score (nSPS) is 24.0. The first-order valence-electron chi connectivity index (χ1n) is 2.89. The fourth-order valence-electron chi connectivity index (χ4n) is 0.700. The molecule has 4 heteroatoms. The van der Waals surface area contributed by atoms with Crippen LogP contribution in [0, 0.1) is 0 Å². The topological polar surface area (TPSA) is 66.4 Å². The lowest BCUT2D eigenvalue weighted by atomic mass is 10.1. The van der Waals surface area contributed by atoms with Crippen LogP contribution in [0.5, 0.6) is 0 Å². The van der Waals surface area contributed by atoms with Gasteiger partial charge in [-0.15, -0.1) is 0 Å². The van der Waals surface area contributed by atoms with Crippen LogP contribution in [0.3, 0.4) is 0 Å². The number of hydrogen-bond donors (Lipinski definition) is 2. The second-order valence-corrected chi connectivity index (χ2v) is 2.08. The number of carboxylic acids is 1. The van der Waals surface area contributed by atoms with Crippen molar-refractivity contribution in [3.8, 4) is 0 Å². The first-order chi connectivity index (χ1) is 4.68. The van der Waals surface area contributed by atoms with Gasteiger partial charge in [0.2, 0.25) is 5.91 Å². The highest BCUT2D eigenvalue weighted by atomic mass is 16.4. The minimum atomic E-state index is -0.985. The Hall–Kier alpha value is -1.32. The molecule has 0 saturated carbocycles. The van der Waals surface area contributed by atoms with Crippen molar-refractivity contribution in [2.75, 3.05) is 0 Å². The van der Waals surface area contributed by atoms with Crippen molar-refractivity contribution in [1.82, 2.24) is 5.32 Å². The second kappa shape index (κ2) is 2.51. The Balaban J connectivity index is 2.27. The Bertz CT molecular complexity index is 189. The number of β-lactam (4-membered cyclic amide) rings is 1. The van der Waals surface area contributed by atoms with Gasteiger partial charge in [0.05, 0.1) is 12.5 Å². The molecule has 1 fully saturated rings. The van der Waals surface area contributed by atoms with Crippen LogP contribution >= 0.6 is 0 Å². The van der Waals surface area contributed by atoms with Crippen molar-refractivity contribution in [3.05, 3.63) is 12.2 Å². The van der Waals surface area contributed by atoms with Crippen molar-refractivity contribution >= 4 is 11.9 Å². The van der Waals surface area contributed by atoms with E-state index >= 15 is 0 Å². The van der Waals surface area contributed by atoms with Crippen LogP contribution in [-0.4, -0.2) is 23.0 Å². The van der Waals surface area contributed by atoms with Gasteiger partial charge < -0.3 is 10.4 Å². The number of aliphatic carboxylic acids is 1. The predicted molar refractivity (Wildman–Crippen MR) is 33.3 cm³/mol. The number of hydrogen-bond acceptors (Lipinski definition) is 2. The van der Waals surface area contributed by atoms with Gasteiger partial charge in [0.15, 0.2) is 0 Å². The highest BCUT2D eigenvalue weighted by Crippen LogP contribution is 2.04. The molecule has 54 valence electrons. The van der Waals surface area contributed by atoms with Crippen LogP contribution in [0.4, 0.5) is 0 Å². The molecule has 0 bridgehead atoms. The lowest BCUT2D eigenvalue weighted by molar-refractivity contribution is -0.132. The van der Waals surface area contributed by atoms with E-state index in [9.17, 15) is 9.59 Å². The van der Waals surface area contributed by atoms with Crippen LogP contribution in [0.2, 0.25) is 0 Å². The number of nitrogens with one attached hydrogen (secondary N) is 1. The van der Waals surface area contributed by atoms with Crippen LogP contribution < -0.4 is 5.32 Å². The van der Waals surface area contributed by atoms with Crippen LogP contribution in [0.1, 0.15) is 6.42 Å². The maximum absolute atomic E-state index is 10.3. The van der Waals surface area contributed by atoms with Gasteiger partial charge in [-0.05, 0) is 0 Å². The summed E-state index contributed by atoms with van der Waals surface area (Å²) >= 11 is 0. The Kier molecular flexibility index (Phi) is 1.71. The summed E-state index contributed by atoms with van der Waals surface area (Å²) in [5.74, 6) is -1.01. The van der Waals surface area contributed by atoms with Gasteiger partial charge >= 0.3 is 5.97 Å². The quantitative estimate of drug-likeness (QED) is 0.403. The van der Waals surface area contributed by atoms with Crippen molar-refractivity contribution < 1.29 is 14.7 Å². The van der Waals surface area contributed by atoms with E-state index in [1.54, 1.807) is 0 Å².